The first-order valence-corrected chi connectivity index (χ1v) is 5.22. The highest BCUT2D eigenvalue weighted by atomic mass is 79.9. The summed E-state index contributed by atoms with van der Waals surface area (Å²) >= 11 is 3.21. The smallest absolute Gasteiger partial charge is 0.341 e. The van der Waals surface area contributed by atoms with Crippen molar-refractivity contribution in [2.75, 3.05) is 12.4 Å². The Hall–Kier alpha value is -0.900. The van der Waals surface area contributed by atoms with Gasteiger partial charge >= 0.3 is 5.97 Å². The van der Waals surface area contributed by atoms with Crippen molar-refractivity contribution in [2.24, 2.45) is 0 Å². The van der Waals surface area contributed by atoms with E-state index in [1.165, 1.54) is 13.2 Å². The molecule has 0 radical (unpaired) electrons. The van der Waals surface area contributed by atoms with Crippen LogP contribution in [0.15, 0.2) is 35.2 Å². The molecule has 0 spiro atoms. The second kappa shape index (κ2) is 5.10. The molecule has 0 aromatic rings. The first-order valence-electron chi connectivity index (χ1n) is 4.10. The second-order valence-corrected chi connectivity index (χ2v) is 3.28. The summed E-state index contributed by atoms with van der Waals surface area (Å²) in [6.07, 6.45) is 5.37. The van der Waals surface area contributed by atoms with Gasteiger partial charge in [-0.05, 0) is 18.1 Å². The minimum atomic E-state index is -0.639. The summed E-state index contributed by atoms with van der Waals surface area (Å²) in [5.41, 5.74) is 0.637. The topological polar surface area (TPSA) is 26.3 Å². The molecule has 4 heteroatoms. The summed E-state index contributed by atoms with van der Waals surface area (Å²) in [5.74, 6) is -1.18. The molecule has 76 valence electrons. The van der Waals surface area contributed by atoms with Crippen LogP contribution in [0.5, 0.6) is 0 Å². The predicted octanol–water partition coefficient (Wildman–Crippen LogP) is 2.66. The monoisotopic (exact) mass is 260 g/mol. The lowest BCUT2D eigenvalue weighted by Crippen LogP contribution is -2.09. The van der Waals surface area contributed by atoms with Crippen molar-refractivity contribution in [3.05, 3.63) is 35.2 Å². The maximum Gasteiger partial charge on any atom is 0.341 e. The average molecular weight is 261 g/mol. The van der Waals surface area contributed by atoms with Crippen LogP contribution >= 0.6 is 15.9 Å². The van der Waals surface area contributed by atoms with Crippen LogP contribution in [-0.4, -0.2) is 18.4 Å². The third-order valence-corrected chi connectivity index (χ3v) is 2.46. The van der Waals surface area contributed by atoms with Gasteiger partial charge in [0.25, 0.3) is 0 Å². The molecule has 0 unspecified atom stereocenters. The van der Waals surface area contributed by atoms with Crippen molar-refractivity contribution in [1.82, 2.24) is 0 Å². The molecule has 14 heavy (non-hydrogen) atoms. The summed E-state index contributed by atoms with van der Waals surface area (Å²) in [6, 6.07) is 0. The van der Waals surface area contributed by atoms with Crippen LogP contribution in [0.25, 0.3) is 0 Å². The first kappa shape index (κ1) is 11.2. The maximum absolute atomic E-state index is 13.4. The highest BCUT2D eigenvalue weighted by Crippen LogP contribution is 2.23. The number of alkyl halides is 1. The molecule has 0 N–H and O–H groups in total. The highest BCUT2D eigenvalue weighted by molar-refractivity contribution is 9.09. The Morgan fingerprint density at radius 2 is 2.43 bits per heavy atom. The van der Waals surface area contributed by atoms with Crippen LogP contribution in [-0.2, 0) is 9.53 Å². The number of halogens is 2. The molecule has 1 aliphatic carbocycles. The van der Waals surface area contributed by atoms with Crippen LogP contribution in [0.3, 0.4) is 0 Å². The van der Waals surface area contributed by atoms with Crippen LogP contribution in [0, 0.1) is 0 Å². The van der Waals surface area contributed by atoms with E-state index in [9.17, 15) is 9.18 Å². The SMILES string of the molecule is COC(=O)C1=C(F)C=CCC=C1CBr. The number of hydrogen-bond donors (Lipinski definition) is 0. The summed E-state index contributed by atoms with van der Waals surface area (Å²) in [6.45, 7) is 0. The van der Waals surface area contributed by atoms with E-state index in [0.717, 1.165) is 0 Å². The van der Waals surface area contributed by atoms with Gasteiger partial charge in [0.15, 0.2) is 0 Å². The number of carbonyl (C=O) groups is 1. The number of hydrogen-bond acceptors (Lipinski definition) is 2. The number of carbonyl (C=O) groups excluding carboxylic acids is 1. The summed E-state index contributed by atoms with van der Waals surface area (Å²) in [7, 11) is 1.24. The van der Waals surface area contributed by atoms with E-state index in [1.807, 2.05) is 0 Å². The average Bonchev–Trinajstić information content (AvgIpc) is 2.38. The van der Waals surface area contributed by atoms with E-state index in [-0.39, 0.29) is 5.57 Å². The zero-order valence-corrected chi connectivity index (χ0v) is 9.30. The quantitative estimate of drug-likeness (QED) is 0.564. The summed E-state index contributed by atoms with van der Waals surface area (Å²) < 4.78 is 17.9. The largest absolute Gasteiger partial charge is 0.465 e. The van der Waals surface area contributed by atoms with Crippen LogP contribution in [0.4, 0.5) is 4.39 Å². The maximum atomic E-state index is 13.4. The number of ether oxygens (including phenoxy) is 1. The molecule has 1 rings (SSSR count). The Kier molecular flexibility index (Phi) is 4.07. The van der Waals surface area contributed by atoms with Gasteiger partial charge in [0, 0.05) is 5.33 Å². The zero-order valence-electron chi connectivity index (χ0n) is 7.72. The van der Waals surface area contributed by atoms with Gasteiger partial charge in [-0.1, -0.05) is 28.1 Å². The van der Waals surface area contributed by atoms with Crippen molar-refractivity contribution in [3.8, 4) is 0 Å². The van der Waals surface area contributed by atoms with Gasteiger partial charge in [-0.3, -0.25) is 0 Å². The molecule has 2 nitrogen and oxygen atoms in total. The van der Waals surface area contributed by atoms with E-state index in [2.05, 4.69) is 20.7 Å². The van der Waals surface area contributed by atoms with Crippen molar-refractivity contribution in [3.63, 3.8) is 0 Å². The van der Waals surface area contributed by atoms with Crippen LogP contribution in [0.2, 0.25) is 0 Å². The molecular formula is C10H10BrFO2. The van der Waals surface area contributed by atoms with Crippen molar-refractivity contribution in [2.45, 2.75) is 6.42 Å². The molecule has 0 aromatic heterocycles. The van der Waals surface area contributed by atoms with Crippen LogP contribution in [0.1, 0.15) is 6.42 Å². The van der Waals surface area contributed by atoms with Gasteiger partial charge in [0.05, 0.1) is 12.7 Å². The molecule has 0 saturated carbocycles. The van der Waals surface area contributed by atoms with Gasteiger partial charge in [-0.15, -0.1) is 0 Å². The van der Waals surface area contributed by atoms with Gasteiger partial charge in [0.1, 0.15) is 5.83 Å². The minimum Gasteiger partial charge on any atom is -0.465 e. The fourth-order valence-electron chi connectivity index (χ4n) is 1.17. The Morgan fingerprint density at radius 1 is 1.71 bits per heavy atom. The lowest BCUT2D eigenvalue weighted by atomic mass is 10.1. The molecule has 0 amide bonds. The predicted molar refractivity (Wildman–Crippen MR) is 55.8 cm³/mol. The van der Waals surface area contributed by atoms with E-state index in [1.54, 1.807) is 12.2 Å². The lowest BCUT2D eigenvalue weighted by Gasteiger charge is -2.06. The number of allylic oxidation sites excluding steroid dienone is 4. The molecule has 1 aliphatic rings. The Balaban J connectivity index is 3.14. The Labute approximate surface area is 90.3 Å². The zero-order chi connectivity index (χ0) is 10.6. The second-order valence-electron chi connectivity index (χ2n) is 2.72. The molecular weight excluding hydrogens is 251 g/mol. The fourth-order valence-corrected chi connectivity index (χ4v) is 1.68. The van der Waals surface area contributed by atoms with Gasteiger partial charge in [-0.25, -0.2) is 9.18 Å². The third-order valence-electron chi connectivity index (χ3n) is 1.86. The summed E-state index contributed by atoms with van der Waals surface area (Å²) in [4.78, 5) is 11.3. The number of esters is 1. The highest BCUT2D eigenvalue weighted by Gasteiger charge is 2.19. The third kappa shape index (κ3) is 2.32. The van der Waals surface area contributed by atoms with Crippen molar-refractivity contribution < 1.29 is 13.9 Å². The van der Waals surface area contributed by atoms with Gasteiger partial charge < -0.3 is 4.74 Å². The standard InChI is InChI=1S/C10H10BrFO2/c1-14-10(13)9-7(6-11)4-2-3-5-8(9)12/h3-5H,2,6H2,1H3. The van der Waals surface area contributed by atoms with Gasteiger partial charge in [-0.2, -0.15) is 0 Å². The van der Waals surface area contributed by atoms with E-state index in [0.29, 0.717) is 17.3 Å². The van der Waals surface area contributed by atoms with E-state index >= 15 is 0 Å². The molecule has 0 saturated heterocycles. The normalized spacial score (nSPS) is 16.4. The molecule has 0 aromatic carbocycles. The molecule has 0 aliphatic heterocycles. The van der Waals surface area contributed by atoms with Crippen molar-refractivity contribution in [1.29, 1.82) is 0 Å². The Bertz CT molecular complexity index is 329. The van der Waals surface area contributed by atoms with E-state index < -0.39 is 11.8 Å². The number of methoxy groups -OCH3 is 1. The first-order chi connectivity index (χ1) is 6.70. The van der Waals surface area contributed by atoms with E-state index in [4.69, 9.17) is 0 Å². The fraction of sp³-hybridized carbons (Fsp3) is 0.300. The lowest BCUT2D eigenvalue weighted by molar-refractivity contribution is -0.135. The molecule has 0 bridgehead atoms. The molecule has 0 atom stereocenters. The van der Waals surface area contributed by atoms with Crippen LogP contribution < -0.4 is 0 Å². The molecule has 0 fully saturated rings. The summed E-state index contributed by atoms with van der Waals surface area (Å²) in [5, 5.41) is 0.437. The van der Waals surface area contributed by atoms with Crippen molar-refractivity contribution >= 4 is 21.9 Å². The Morgan fingerprint density at radius 3 is 3.00 bits per heavy atom. The minimum absolute atomic E-state index is 0.0122. The van der Waals surface area contributed by atoms with Gasteiger partial charge in [0.2, 0.25) is 0 Å². The molecule has 0 heterocycles. The number of rotatable bonds is 2.